The van der Waals surface area contributed by atoms with E-state index in [0.717, 1.165) is 5.69 Å². The second-order valence-corrected chi connectivity index (χ2v) is 2.88. The van der Waals surface area contributed by atoms with Crippen molar-refractivity contribution in [2.75, 3.05) is 7.11 Å². The lowest BCUT2D eigenvalue weighted by molar-refractivity contribution is -0.142. The second kappa shape index (κ2) is 3.48. The summed E-state index contributed by atoms with van der Waals surface area (Å²) in [6, 6.07) is 0. The van der Waals surface area contributed by atoms with Gasteiger partial charge >= 0.3 is 5.97 Å². The van der Waals surface area contributed by atoms with Gasteiger partial charge in [-0.25, -0.2) is 4.98 Å². The highest BCUT2D eigenvalue weighted by Crippen LogP contribution is 2.15. The van der Waals surface area contributed by atoms with E-state index in [1.807, 2.05) is 5.38 Å². The molecule has 1 aromatic heterocycles. The van der Waals surface area contributed by atoms with Crippen LogP contribution < -0.4 is 0 Å². The first kappa shape index (κ1) is 8.20. The molecule has 4 heteroatoms. The first-order chi connectivity index (χ1) is 5.25. The van der Waals surface area contributed by atoms with Gasteiger partial charge in [0.15, 0.2) is 0 Å². The van der Waals surface area contributed by atoms with Crippen LogP contribution in [0.3, 0.4) is 0 Å². The van der Waals surface area contributed by atoms with E-state index >= 15 is 0 Å². The molecule has 1 atom stereocenters. The Labute approximate surface area is 69.0 Å². The fourth-order valence-corrected chi connectivity index (χ4v) is 1.38. The molecule has 0 bridgehead atoms. The molecule has 0 saturated carbocycles. The van der Waals surface area contributed by atoms with Crippen LogP contribution >= 0.6 is 11.3 Å². The lowest BCUT2D eigenvalue weighted by Crippen LogP contribution is -2.10. The quantitative estimate of drug-likeness (QED) is 0.632. The molecule has 1 unspecified atom stereocenters. The van der Waals surface area contributed by atoms with E-state index in [-0.39, 0.29) is 11.9 Å². The van der Waals surface area contributed by atoms with E-state index in [2.05, 4.69) is 9.72 Å². The molecule has 1 rings (SSSR count). The zero-order valence-electron chi connectivity index (χ0n) is 6.40. The Morgan fingerprint density at radius 2 is 2.55 bits per heavy atom. The monoisotopic (exact) mass is 171 g/mol. The zero-order valence-corrected chi connectivity index (χ0v) is 7.22. The normalized spacial score (nSPS) is 12.5. The van der Waals surface area contributed by atoms with Gasteiger partial charge in [-0.3, -0.25) is 4.79 Å². The summed E-state index contributed by atoms with van der Waals surface area (Å²) in [5.74, 6) is -0.484. The predicted octanol–water partition coefficient (Wildman–Crippen LogP) is 1.42. The summed E-state index contributed by atoms with van der Waals surface area (Å²) in [6.45, 7) is 1.78. The van der Waals surface area contributed by atoms with Crippen molar-refractivity contribution >= 4 is 17.3 Å². The van der Waals surface area contributed by atoms with E-state index < -0.39 is 0 Å². The molecule has 0 N–H and O–H groups in total. The number of ether oxygens (including phenoxy) is 1. The fraction of sp³-hybridized carbons (Fsp3) is 0.429. The number of thiazole rings is 1. The van der Waals surface area contributed by atoms with Gasteiger partial charge in [0.25, 0.3) is 0 Å². The van der Waals surface area contributed by atoms with Crippen molar-refractivity contribution in [1.29, 1.82) is 0 Å². The largest absolute Gasteiger partial charge is 0.469 e. The lowest BCUT2D eigenvalue weighted by atomic mass is 10.1. The molecule has 0 aliphatic rings. The van der Waals surface area contributed by atoms with E-state index in [1.165, 1.54) is 18.4 Å². The van der Waals surface area contributed by atoms with Crippen LogP contribution in [0.4, 0.5) is 0 Å². The number of nitrogens with zero attached hydrogens (tertiary/aromatic N) is 1. The summed E-state index contributed by atoms with van der Waals surface area (Å²) in [6.07, 6.45) is 0. The Morgan fingerprint density at radius 3 is 3.00 bits per heavy atom. The molecule has 0 aliphatic heterocycles. The van der Waals surface area contributed by atoms with Crippen molar-refractivity contribution in [2.24, 2.45) is 0 Å². The first-order valence-electron chi connectivity index (χ1n) is 3.21. The van der Waals surface area contributed by atoms with E-state index in [1.54, 1.807) is 12.4 Å². The van der Waals surface area contributed by atoms with Crippen molar-refractivity contribution < 1.29 is 9.53 Å². The number of hydrogen-bond donors (Lipinski definition) is 0. The third-order valence-corrected chi connectivity index (χ3v) is 2.05. The number of carbonyl (C=O) groups is 1. The highest BCUT2D eigenvalue weighted by atomic mass is 32.1. The van der Waals surface area contributed by atoms with Gasteiger partial charge in [-0.05, 0) is 6.92 Å². The topological polar surface area (TPSA) is 39.2 Å². The molecular formula is C7H9NO2S. The summed E-state index contributed by atoms with van der Waals surface area (Å²) in [4.78, 5) is 15.0. The van der Waals surface area contributed by atoms with Crippen molar-refractivity contribution in [3.8, 4) is 0 Å². The number of aromatic nitrogens is 1. The first-order valence-corrected chi connectivity index (χ1v) is 4.16. The minimum absolute atomic E-state index is 0.240. The molecule has 1 aromatic rings. The van der Waals surface area contributed by atoms with Gasteiger partial charge in [0.1, 0.15) is 0 Å². The van der Waals surface area contributed by atoms with Crippen molar-refractivity contribution in [1.82, 2.24) is 4.98 Å². The van der Waals surface area contributed by atoms with Crippen molar-refractivity contribution in [3.63, 3.8) is 0 Å². The highest BCUT2D eigenvalue weighted by molar-refractivity contribution is 7.07. The number of esters is 1. The summed E-state index contributed by atoms with van der Waals surface area (Å²) in [5, 5.41) is 1.85. The molecule has 0 fully saturated rings. The number of carbonyl (C=O) groups excluding carboxylic acids is 1. The molecule has 3 nitrogen and oxygen atoms in total. The SMILES string of the molecule is COC(=O)C(C)c1cscn1. The molecule has 60 valence electrons. The Balaban J connectivity index is 2.70. The van der Waals surface area contributed by atoms with Gasteiger partial charge in [-0.15, -0.1) is 11.3 Å². The van der Waals surface area contributed by atoms with Crippen LogP contribution in [0.5, 0.6) is 0 Å². The Bertz CT molecular complexity index is 233. The van der Waals surface area contributed by atoms with E-state index in [9.17, 15) is 4.79 Å². The molecule has 11 heavy (non-hydrogen) atoms. The van der Waals surface area contributed by atoms with Crippen LogP contribution in [0.15, 0.2) is 10.9 Å². The second-order valence-electron chi connectivity index (χ2n) is 2.16. The van der Waals surface area contributed by atoms with Crippen LogP contribution in [0, 0.1) is 0 Å². The lowest BCUT2D eigenvalue weighted by Gasteiger charge is -2.04. The highest BCUT2D eigenvalue weighted by Gasteiger charge is 2.16. The molecular weight excluding hydrogens is 162 g/mol. The van der Waals surface area contributed by atoms with Crippen LogP contribution in [0.25, 0.3) is 0 Å². The van der Waals surface area contributed by atoms with Gasteiger partial charge < -0.3 is 4.74 Å². The third-order valence-electron chi connectivity index (χ3n) is 1.45. The molecule has 0 amide bonds. The van der Waals surface area contributed by atoms with Gasteiger partial charge in [-0.2, -0.15) is 0 Å². The number of hydrogen-bond acceptors (Lipinski definition) is 4. The van der Waals surface area contributed by atoms with Crippen molar-refractivity contribution in [2.45, 2.75) is 12.8 Å². The number of rotatable bonds is 2. The summed E-state index contributed by atoms with van der Waals surface area (Å²) in [7, 11) is 1.38. The van der Waals surface area contributed by atoms with E-state index in [4.69, 9.17) is 0 Å². The van der Waals surface area contributed by atoms with Crippen molar-refractivity contribution in [3.05, 3.63) is 16.6 Å². The van der Waals surface area contributed by atoms with Gasteiger partial charge in [0.05, 0.1) is 24.2 Å². The summed E-state index contributed by atoms with van der Waals surface area (Å²) < 4.78 is 4.56. The smallest absolute Gasteiger partial charge is 0.314 e. The molecule has 1 heterocycles. The third kappa shape index (κ3) is 1.77. The molecule has 0 aromatic carbocycles. The standard InChI is InChI=1S/C7H9NO2S/c1-5(7(9)10-2)6-3-11-4-8-6/h3-5H,1-2H3. The fourth-order valence-electron chi connectivity index (χ4n) is 0.733. The molecule has 0 radical (unpaired) electrons. The molecule has 0 saturated heterocycles. The average molecular weight is 171 g/mol. The molecule has 0 aliphatic carbocycles. The summed E-state index contributed by atoms with van der Waals surface area (Å²) in [5.41, 5.74) is 2.48. The predicted molar refractivity (Wildman–Crippen MR) is 42.5 cm³/mol. The average Bonchev–Trinajstić information content (AvgIpc) is 2.53. The summed E-state index contributed by atoms with van der Waals surface area (Å²) >= 11 is 1.48. The maximum atomic E-state index is 11.0. The Morgan fingerprint density at radius 1 is 1.82 bits per heavy atom. The Kier molecular flexibility index (Phi) is 2.59. The van der Waals surface area contributed by atoms with Crippen LogP contribution in [0.1, 0.15) is 18.5 Å². The Hall–Kier alpha value is -0.900. The van der Waals surface area contributed by atoms with Gasteiger partial charge in [0, 0.05) is 5.38 Å². The van der Waals surface area contributed by atoms with Gasteiger partial charge in [0.2, 0.25) is 0 Å². The maximum absolute atomic E-state index is 11.0. The van der Waals surface area contributed by atoms with Gasteiger partial charge in [-0.1, -0.05) is 0 Å². The zero-order chi connectivity index (χ0) is 8.27. The van der Waals surface area contributed by atoms with Crippen LogP contribution in [-0.2, 0) is 9.53 Å². The van der Waals surface area contributed by atoms with Crippen LogP contribution in [-0.4, -0.2) is 18.1 Å². The maximum Gasteiger partial charge on any atom is 0.314 e. The minimum Gasteiger partial charge on any atom is -0.469 e. The minimum atomic E-state index is -0.244. The van der Waals surface area contributed by atoms with E-state index in [0.29, 0.717) is 0 Å². The number of methoxy groups -OCH3 is 1. The van der Waals surface area contributed by atoms with Crippen LogP contribution in [0.2, 0.25) is 0 Å². The molecule has 0 spiro atoms.